The third-order valence-corrected chi connectivity index (χ3v) is 3.96. The van der Waals surface area contributed by atoms with Crippen LogP contribution in [0.15, 0.2) is 42.5 Å². The van der Waals surface area contributed by atoms with Gasteiger partial charge in [-0.3, -0.25) is 4.79 Å². The van der Waals surface area contributed by atoms with Gasteiger partial charge < -0.3 is 5.32 Å². The topological polar surface area (TPSA) is 72.7 Å². The van der Waals surface area contributed by atoms with Crippen molar-refractivity contribution in [1.29, 1.82) is 0 Å². The highest BCUT2D eigenvalue weighted by Gasteiger charge is 2.13. The summed E-state index contributed by atoms with van der Waals surface area (Å²) >= 11 is 11.9. The summed E-state index contributed by atoms with van der Waals surface area (Å²) in [5.41, 5.74) is 2.26. The number of carbonyl (C=O) groups excluding carboxylic acids is 1. The molecule has 3 rings (SSSR count). The van der Waals surface area contributed by atoms with Gasteiger partial charge in [0.15, 0.2) is 5.82 Å². The number of tetrazole rings is 1. The minimum atomic E-state index is -0.346. The number of carbonyl (C=O) groups is 1. The number of benzene rings is 2. The molecule has 6 nitrogen and oxygen atoms in total. The van der Waals surface area contributed by atoms with Crippen LogP contribution in [0.5, 0.6) is 0 Å². The maximum atomic E-state index is 12.3. The van der Waals surface area contributed by atoms with Crippen molar-refractivity contribution in [3.05, 3.63) is 69.5 Å². The molecule has 0 atom stereocenters. The van der Waals surface area contributed by atoms with Gasteiger partial charge >= 0.3 is 0 Å². The van der Waals surface area contributed by atoms with Crippen LogP contribution < -0.4 is 5.32 Å². The minimum Gasteiger partial charge on any atom is -0.345 e. The molecule has 0 spiro atoms. The van der Waals surface area contributed by atoms with E-state index in [9.17, 15) is 4.79 Å². The molecule has 0 bridgehead atoms. The Morgan fingerprint density at radius 3 is 2.67 bits per heavy atom. The Morgan fingerprint density at radius 1 is 1.17 bits per heavy atom. The van der Waals surface area contributed by atoms with Crippen molar-refractivity contribution in [2.45, 2.75) is 13.5 Å². The second kappa shape index (κ2) is 6.98. The highest BCUT2D eigenvalue weighted by Crippen LogP contribution is 2.20. The van der Waals surface area contributed by atoms with Crippen LogP contribution >= 0.6 is 23.2 Å². The Bertz CT molecular complexity index is 876. The number of aryl methyl sites for hydroxylation is 1. The monoisotopic (exact) mass is 361 g/mol. The SMILES string of the molecule is Cc1ccc(-n2nnnc2CNC(=O)c2cc(Cl)ccc2Cl)cc1. The van der Waals surface area contributed by atoms with E-state index in [1.165, 1.54) is 6.07 Å². The van der Waals surface area contributed by atoms with E-state index in [2.05, 4.69) is 20.8 Å². The number of aromatic nitrogens is 4. The van der Waals surface area contributed by atoms with Gasteiger partial charge in [0.2, 0.25) is 0 Å². The van der Waals surface area contributed by atoms with Crippen LogP contribution in [0.3, 0.4) is 0 Å². The fraction of sp³-hybridized carbons (Fsp3) is 0.125. The Balaban J connectivity index is 1.76. The van der Waals surface area contributed by atoms with Gasteiger partial charge in [-0.2, -0.15) is 4.68 Å². The molecule has 1 amide bonds. The summed E-state index contributed by atoms with van der Waals surface area (Å²) in [6.45, 7) is 2.15. The molecule has 0 radical (unpaired) electrons. The first-order chi connectivity index (χ1) is 11.5. The number of nitrogens with zero attached hydrogens (tertiary/aromatic N) is 4. The predicted molar refractivity (Wildman–Crippen MR) is 91.5 cm³/mol. The quantitative estimate of drug-likeness (QED) is 0.774. The largest absolute Gasteiger partial charge is 0.345 e. The molecule has 8 heteroatoms. The van der Waals surface area contributed by atoms with Crippen molar-refractivity contribution < 1.29 is 4.79 Å². The molecule has 0 aliphatic rings. The smallest absolute Gasteiger partial charge is 0.253 e. The van der Waals surface area contributed by atoms with Gasteiger partial charge in [-0.15, -0.1) is 5.10 Å². The number of hydrogen-bond donors (Lipinski definition) is 1. The molecule has 24 heavy (non-hydrogen) atoms. The molecule has 2 aromatic carbocycles. The zero-order valence-corrected chi connectivity index (χ0v) is 14.2. The third-order valence-electron chi connectivity index (χ3n) is 3.39. The molecular weight excluding hydrogens is 349 g/mol. The van der Waals surface area contributed by atoms with Crippen LogP contribution in [0.1, 0.15) is 21.7 Å². The first-order valence-corrected chi connectivity index (χ1v) is 7.88. The molecule has 3 aromatic rings. The van der Waals surface area contributed by atoms with Gasteiger partial charge in [0.25, 0.3) is 5.91 Å². The number of nitrogens with one attached hydrogen (secondary N) is 1. The zero-order chi connectivity index (χ0) is 17.1. The van der Waals surface area contributed by atoms with Crippen LogP contribution in [0.25, 0.3) is 5.69 Å². The van der Waals surface area contributed by atoms with Crippen molar-refractivity contribution in [1.82, 2.24) is 25.5 Å². The first kappa shape index (κ1) is 16.4. The summed E-state index contributed by atoms with van der Waals surface area (Å²) in [6.07, 6.45) is 0. The summed E-state index contributed by atoms with van der Waals surface area (Å²) in [5, 5.41) is 15.1. The number of rotatable bonds is 4. The molecule has 0 saturated carbocycles. The predicted octanol–water partition coefficient (Wildman–Crippen LogP) is 3.21. The van der Waals surface area contributed by atoms with E-state index in [0.29, 0.717) is 21.4 Å². The van der Waals surface area contributed by atoms with Gasteiger partial charge in [-0.05, 0) is 47.7 Å². The van der Waals surface area contributed by atoms with E-state index in [4.69, 9.17) is 23.2 Å². The fourth-order valence-corrected chi connectivity index (χ4v) is 2.50. The van der Waals surface area contributed by atoms with Crippen LogP contribution in [0.2, 0.25) is 10.0 Å². The van der Waals surface area contributed by atoms with Gasteiger partial charge in [0.05, 0.1) is 22.8 Å². The lowest BCUT2D eigenvalue weighted by molar-refractivity contribution is 0.0950. The van der Waals surface area contributed by atoms with Gasteiger partial charge in [0, 0.05) is 5.02 Å². The molecule has 1 N–H and O–H groups in total. The summed E-state index contributed by atoms with van der Waals surface area (Å²) in [5.74, 6) is 0.159. The molecule has 1 aromatic heterocycles. The third kappa shape index (κ3) is 3.55. The van der Waals surface area contributed by atoms with Crippen LogP contribution in [0, 0.1) is 6.92 Å². The normalized spacial score (nSPS) is 10.6. The molecule has 0 saturated heterocycles. The molecule has 0 aliphatic heterocycles. The molecule has 0 aliphatic carbocycles. The lowest BCUT2D eigenvalue weighted by atomic mass is 10.2. The summed E-state index contributed by atoms with van der Waals surface area (Å²) in [7, 11) is 0. The number of hydrogen-bond acceptors (Lipinski definition) is 4. The van der Waals surface area contributed by atoms with E-state index >= 15 is 0 Å². The Kier molecular flexibility index (Phi) is 4.78. The lowest BCUT2D eigenvalue weighted by Crippen LogP contribution is -2.25. The maximum absolute atomic E-state index is 12.3. The second-order valence-electron chi connectivity index (χ2n) is 5.15. The van der Waals surface area contributed by atoms with Gasteiger partial charge in [0.1, 0.15) is 0 Å². The summed E-state index contributed by atoms with van der Waals surface area (Å²) in [6, 6.07) is 12.5. The van der Waals surface area contributed by atoms with Gasteiger partial charge in [-0.1, -0.05) is 40.9 Å². The van der Waals surface area contributed by atoms with Crippen molar-refractivity contribution in [3.63, 3.8) is 0 Å². The van der Waals surface area contributed by atoms with Crippen LogP contribution in [-0.4, -0.2) is 26.1 Å². The highest BCUT2D eigenvalue weighted by molar-refractivity contribution is 6.35. The Morgan fingerprint density at radius 2 is 1.92 bits per heavy atom. The number of halogens is 2. The van der Waals surface area contributed by atoms with Crippen LogP contribution in [0.4, 0.5) is 0 Å². The minimum absolute atomic E-state index is 0.155. The first-order valence-electron chi connectivity index (χ1n) is 7.12. The molecule has 122 valence electrons. The summed E-state index contributed by atoms with van der Waals surface area (Å²) in [4.78, 5) is 12.3. The Labute approximate surface area is 148 Å². The van der Waals surface area contributed by atoms with E-state index in [-0.39, 0.29) is 12.5 Å². The average Bonchev–Trinajstić information content (AvgIpc) is 3.04. The lowest BCUT2D eigenvalue weighted by Gasteiger charge is -2.08. The average molecular weight is 362 g/mol. The van der Waals surface area contributed by atoms with Gasteiger partial charge in [-0.25, -0.2) is 0 Å². The molecule has 1 heterocycles. The molecule has 0 fully saturated rings. The molecule has 0 unspecified atom stereocenters. The molecular formula is C16H13Cl2N5O. The van der Waals surface area contributed by atoms with E-state index in [1.54, 1.807) is 16.8 Å². The summed E-state index contributed by atoms with van der Waals surface area (Å²) < 4.78 is 1.57. The van der Waals surface area contributed by atoms with Crippen molar-refractivity contribution in [3.8, 4) is 5.69 Å². The van der Waals surface area contributed by atoms with E-state index in [0.717, 1.165) is 11.3 Å². The zero-order valence-electron chi connectivity index (χ0n) is 12.7. The second-order valence-corrected chi connectivity index (χ2v) is 5.99. The Hall–Kier alpha value is -2.44. The van der Waals surface area contributed by atoms with Crippen molar-refractivity contribution >= 4 is 29.1 Å². The van der Waals surface area contributed by atoms with Crippen LogP contribution in [-0.2, 0) is 6.54 Å². The van der Waals surface area contributed by atoms with Crippen molar-refractivity contribution in [2.75, 3.05) is 0 Å². The number of amides is 1. The highest BCUT2D eigenvalue weighted by atomic mass is 35.5. The fourth-order valence-electron chi connectivity index (χ4n) is 2.13. The standard InChI is InChI=1S/C16H13Cl2N5O/c1-10-2-5-12(6-3-10)23-15(20-21-22-23)9-19-16(24)13-8-11(17)4-7-14(13)18/h2-8H,9H2,1H3,(H,19,24). The van der Waals surface area contributed by atoms with E-state index in [1.807, 2.05) is 31.2 Å². The maximum Gasteiger partial charge on any atom is 0.253 e. The van der Waals surface area contributed by atoms with Crippen molar-refractivity contribution in [2.24, 2.45) is 0 Å². The van der Waals surface area contributed by atoms with E-state index < -0.39 is 0 Å².